The molecule has 0 bridgehead atoms. The van der Waals surface area contributed by atoms with Crippen LogP contribution in [0.3, 0.4) is 0 Å². The van der Waals surface area contributed by atoms with Crippen molar-refractivity contribution in [2.75, 3.05) is 11.1 Å². The Morgan fingerprint density at radius 3 is 2.27 bits per heavy atom. The zero-order valence-corrected chi connectivity index (χ0v) is 22.0. The lowest BCUT2D eigenvalue weighted by molar-refractivity contribution is -0.138. The molecule has 10 nitrogen and oxygen atoms in total. The Balaban J connectivity index is 1.36. The molecule has 0 saturated heterocycles. The van der Waals surface area contributed by atoms with Gasteiger partial charge >= 0.3 is 12.1 Å². The van der Waals surface area contributed by atoms with Crippen molar-refractivity contribution in [1.29, 1.82) is 0 Å². The average Bonchev–Trinajstić information content (AvgIpc) is 2.93. The smallest absolute Gasteiger partial charge is 0.416 e. The molecule has 1 atom stereocenters. The van der Waals surface area contributed by atoms with Crippen LogP contribution in [-0.2, 0) is 33.8 Å². The fourth-order valence-corrected chi connectivity index (χ4v) is 5.61. The summed E-state index contributed by atoms with van der Waals surface area (Å²) in [5.41, 5.74) is -0.141. The minimum absolute atomic E-state index is 0.0183. The third-order valence-corrected chi connectivity index (χ3v) is 8.38. The number of aryl methyl sites for hydroxylation is 2. The number of halogens is 3. The lowest BCUT2D eigenvalue weighted by Crippen LogP contribution is -2.35. The monoisotopic (exact) mass is 588 g/mol. The van der Waals surface area contributed by atoms with Gasteiger partial charge in [-0.05, 0) is 66.9 Å². The zero-order chi connectivity index (χ0) is 29.8. The first-order valence-corrected chi connectivity index (χ1v) is 13.9. The predicted molar refractivity (Wildman–Crippen MR) is 143 cm³/mol. The first-order valence-electron chi connectivity index (χ1n) is 12.2. The number of aliphatic carboxylic acids is 1. The number of hydrogen-bond acceptors (Lipinski definition) is 7. The number of nitrogens with one attached hydrogen (secondary N) is 1. The topological polar surface area (TPSA) is 148 Å². The Morgan fingerprint density at radius 1 is 0.976 bits per heavy atom. The van der Waals surface area contributed by atoms with E-state index in [2.05, 4.69) is 15.6 Å². The Bertz CT molecular complexity index is 1740. The van der Waals surface area contributed by atoms with Crippen LogP contribution in [0.1, 0.15) is 27.9 Å². The number of carbonyl (C=O) groups is 2. The molecule has 41 heavy (non-hydrogen) atoms. The molecule has 1 heterocycles. The van der Waals surface area contributed by atoms with Crippen molar-refractivity contribution in [2.45, 2.75) is 30.8 Å². The molecule has 0 saturated carbocycles. The highest BCUT2D eigenvalue weighted by Gasteiger charge is 2.32. The Labute approximate surface area is 231 Å². The van der Waals surface area contributed by atoms with E-state index in [1.807, 2.05) is 0 Å². The van der Waals surface area contributed by atoms with E-state index in [1.54, 1.807) is 24.3 Å². The molecule has 2 N–H and O–H groups in total. The number of fused-ring (bicyclic) bond motifs is 1. The second-order valence-corrected chi connectivity index (χ2v) is 11.4. The van der Waals surface area contributed by atoms with Crippen molar-refractivity contribution in [2.24, 2.45) is 0 Å². The van der Waals surface area contributed by atoms with Crippen molar-refractivity contribution in [1.82, 2.24) is 15.0 Å². The maximum absolute atomic E-state index is 12.9. The molecule has 0 spiro atoms. The molecule has 3 aromatic carbocycles. The van der Waals surface area contributed by atoms with Crippen LogP contribution >= 0.6 is 0 Å². The molecule has 0 fully saturated rings. The summed E-state index contributed by atoms with van der Waals surface area (Å²) in [6, 6.07) is 16.2. The summed E-state index contributed by atoms with van der Waals surface area (Å²) in [5, 5.41) is 18.3. The van der Waals surface area contributed by atoms with Gasteiger partial charge in [-0.3, -0.25) is 14.4 Å². The van der Waals surface area contributed by atoms with Gasteiger partial charge in [-0.2, -0.15) is 13.2 Å². The predicted octanol–water partition coefficient (Wildman–Crippen LogP) is 3.56. The van der Waals surface area contributed by atoms with Crippen molar-refractivity contribution >= 4 is 38.3 Å². The molecule has 214 valence electrons. The number of sulfone groups is 1. The third-order valence-electron chi connectivity index (χ3n) is 6.30. The number of alkyl halides is 3. The summed E-state index contributed by atoms with van der Waals surface area (Å²) >= 11 is 0. The number of carboxylic acid groups (broad SMARTS) is 1. The van der Waals surface area contributed by atoms with Gasteiger partial charge in [0.1, 0.15) is 5.52 Å². The van der Waals surface area contributed by atoms with Gasteiger partial charge in [-0.25, -0.2) is 13.1 Å². The summed E-state index contributed by atoms with van der Waals surface area (Å²) in [7, 11) is -4.14. The molecule has 1 amide bonds. The number of amides is 1. The molecule has 0 radical (unpaired) electrons. The molecule has 0 aliphatic rings. The van der Waals surface area contributed by atoms with Gasteiger partial charge in [-0.15, -0.1) is 5.10 Å². The van der Waals surface area contributed by atoms with Crippen molar-refractivity contribution < 1.29 is 36.3 Å². The van der Waals surface area contributed by atoms with Crippen molar-refractivity contribution in [3.05, 3.63) is 99.8 Å². The third kappa shape index (κ3) is 7.14. The molecule has 14 heteroatoms. The van der Waals surface area contributed by atoms with E-state index in [-0.39, 0.29) is 30.3 Å². The summed E-state index contributed by atoms with van der Waals surface area (Å²) in [6.07, 6.45) is -4.93. The molecular formula is C27H23F3N4O6S. The second-order valence-electron chi connectivity index (χ2n) is 9.09. The summed E-state index contributed by atoms with van der Waals surface area (Å²) in [5.74, 6) is -2.67. The zero-order valence-electron chi connectivity index (χ0n) is 21.2. The first-order chi connectivity index (χ1) is 19.3. The lowest BCUT2D eigenvalue weighted by Gasteiger charge is -2.14. The van der Waals surface area contributed by atoms with Gasteiger partial charge < -0.3 is 10.4 Å². The van der Waals surface area contributed by atoms with Crippen LogP contribution in [0.4, 0.5) is 18.9 Å². The number of carboxylic acids is 1. The fourth-order valence-electron chi connectivity index (χ4n) is 4.04. The van der Waals surface area contributed by atoms with Crippen molar-refractivity contribution in [3.8, 4) is 0 Å². The largest absolute Gasteiger partial charge is 0.480 e. The molecule has 4 rings (SSSR count). The lowest BCUT2D eigenvalue weighted by atomic mass is 10.1. The van der Waals surface area contributed by atoms with Gasteiger partial charge in [0.2, 0.25) is 0 Å². The number of carbonyl (C=O) groups excluding carboxylic acids is 1. The summed E-state index contributed by atoms with van der Waals surface area (Å²) in [4.78, 5) is 36.8. The number of benzene rings is 3. The fraction of sp³-hybridized carbons (Fsp3) is 0.222. The molecule has 1 aromatic heterocycles. The van der Waals surface area contributed by atoms with Crippen LogP contribution in [-0.4, -0.2) is 51.4 Å². The summed E-state index contributed by atoms with van der Waals surface area (Å²) < 4.78 is 64.8. The highest BCUT2D eigenvalue weighted by atomic mass is 32.2. The Morgan fingerprint density at radius 2 is 1.63 bits per heavy atom. The normalized spacial score (nSPS) is 12.7. The van der Waals surface area contributed by atoms with Crippen molar-refractivity contribution in [3.63, 3.8) is 0 Å². The first kappa shape index (κ1) is 29.4. The van der Waals surface area contributed by atoms with E-state index in [0.29, 0.717) is 16.8 Å². The van der Waals surface area contributed by atoms with E-state index < -0.39 is 50.0 Å². The van der Waals surface area contributed by atoms with Gasteiger partial charge in [0, 0.05) is 17.8 Å². The maximum atomic E-state index is 12.9. The standard InChI is InChI=1S/C27H23F3N4O6S/c28-27(29,30)19-9-7-18(8-10-19)24(35)31-20-11-5-17(6-12-20)14-16-41(39,40)23(26(37)38)13-15-34-25(36)21-3-1-2-4-22(21)32-33-34/h1-12,23H,13-16H2,(H,31,35)(H,37,38). The van der Waals surface area contributed by atoms with Crippen LogP contribution in [0.15, 0.2) is 77.6 Å². The quantitative estimate of drug-likeness (QED) is 0.286. The van der Waals surface area contributed by atoms with Gasteiger partial charge in [0.15, 0.2) is 15.1 Å². The average molecular weight is 589 g/mol. The van der Waals surface area contributed by atoms with Crippen LogP contribution in [0.25, 0.3) is 10.9 Å². The SMILES string of the molecule is O=C(Nc1ccc(CCS(=O)(=O)C(CCn2nnc3ccccc3c2=O)C(=O)O)cc1)c1ccc(C(F)(F)F)cc1. The number of aromatic nitrogens is 3. The van der Waals surface area contributed by atoms with E-state index in [0.717, 1.165) is 28.9 Å². The minimum Gasteiger partial charge on any atom is -0.480 e. The van der Waals surface area contributed by atoms with Gasteiger partial charge in [0.05, 0.1) is 16.7 Å². The minimum atomic E-state index is -4.52. The molecule has 0 aliphatic heterocycles. The molecule has 4 aromatic rings. The Kier molecular flexibility index (Phi) is 8.52. The molecule has 1 unspecified atom stereocenters. The van der Waals surface area contributed by atoms with E-state index in [1.165, 1.54) is 24.3 Å². The molecular weight excluding hydrogens is 565 g/mol. The van der Waals surface area contributed by atoms with E-state index in [9.17, 15) is 41.1 Å². The summed E-state index contributed by atoms with van der Waals surface area (Å²) in [6.45, 7) is -0.264. The van der Waals surface area contributed by atoms with E-state index in [4.69, 9.17) is 0 Å². The van der Waals surface area contributed by atoms with Gasteiger partial charge in [0.25, 0.3) is 11.5 Å². The maximum Gasteiger partial charge on any atom is 0.416 e. The number of nitrogens with zero attached hydrogens (tertiary/aromatic N) is 3. The van der Waals surface area contributed by atoms with Crippen LogP contribution in [0, 0.1) is 0 Å². The van der Waals surface area contributed by atoms with E-state index >= 15 is 0 Å². The van der Waals surface area contributed by atoms with Crippen LogP contribution < -0.4 is 10.9 Å². The number of anilines is 1. The molecule has 0 aliphatic carbocycles. The van der Waals surface area contributed by atoms with Crippen LogP contribution in [0.5, 0.6) is 0 Å². The Hall–Kier alpha value is -4.59. The second kappa shape index (κ2) is 11.9. The number of rotatable bonds is 10. The number of hydrogen-bond donors (Lipinski definition) is 2. The highest BCUT2D eigenvalue weighted by molar-refractivity contribution is 7.92. The van der Waals surface area contributed by atoms with Gasteiger partial charge in [-0.1, -0.05) is 29.5 Å². The van der Waals surface area contributed by atoms with Crippen LogP contribution in [0.2, 0.25) is 0 Å². The highest BCUT2D eigenvalue weighted by Crippen LogP contribution is 2.29.